The van der Waals surface area contributed by atoms with Crippen molar-refractivity contribution in [3.8, 4) is 12.3 Å². The van der Waals surface area contributed by atoms with E-state index in [2.05, 4.69) is 12.8 Å². The van der Waals surface area contributed by atoms with Crippen molar-refractivity contribution in [2.45, 2.75) is 19.8 Å². The first-order chi connectivity index (χ1) is 8.52. The van der Waals surface area contributed by atoms with Gasteiger partial charge >= 0.3 is 5.97 Å². The molecule has 1 fully saturated rings. The van der Waals surface area contributed by atoms with Crippen LogP contribution in [0.1, 0.15) is 19.8 Å². The van der Waals surface area contributed by atoms with E-state index < -0.39 is 5.97 Å². The van der Waals surface area contributed by atoms with Gasteiger partial charge in [-0.2, -0.15) is 0 Å². The van der Waals surface area contributed by atoms with Crippen LogP contribution in [0.2, 0.25) is 0 Å². The Morgan fingerprint density at radius 1 is 1.39 bits per heavy atom. The number of carbonyl (C=O) groups excluding carboxylic acids is 1. The summed E-state index contributed by atoms with van der Waals surface area (Å²) in [6, 6.07) is 0. The molecule has 0 saturated carbocycles. The molecule has 0 spiro atoms. The SMILES string of the molecule is C#CCN(CC(=O)O)CC(=O)N1CCC(C)CC1. The van der Waals surface area contributed by atoms with Gasteiger partial charge in [0.05, 0.1) is 19.6 Å². The summed E-state index contributed by atoms with van der Waals surface area (Å²) >= 11 is 0. The topological polar surface area (TPSA) is 60.9 Å². The second kappa shape index (κ2) is 7.02. The number of piperidine rings is 1. The molecule has 1 N–H and O–H groups in total. The van der Waals surface area contributed by atoms with Gasteiger partial charge in [0.2, 0.25) is 5.91 Å². The molecule has 0 bridgehead atoms. The molecule has 1 amide bonds. The lowest BCUT2D eigenvalue weighted by Crippen LogP contribution is -2.45. The number of nitrogens with zero attached hydrogens (tertiary/aromatic N) is 2. The van der Waals surface area contributed by atoms with Crippen LogP contribution in [-0.2, 0) is 9.59 Å². The smallest absolute Gasteiger partial charge is 0.317 e. The zero-order valence-corrected chi connectivity index (χ0v) is 10.8. The Morgan fingerprint density at radius 2 is 2.00 bits per heavy atom. The number of hydrogen-bond acceptors (Lipinski definition) is 3. The first-order valence-electron chi connectivity index (χ1n) is 6.18. The average Bonchev–Trinajstić information content (AvgIpc) is 2.29. The number of terminal acetylenes is 1. The fraction of sp³-hybridized carbons (Fsp3) is 0.692. The van der Waals surface area contributed by atoms with E-state index in [0.29, 0.717) is 5.92 Å². The Bertz CT molecular complexity index is 341. The van der Waals surface area contributed by atoms with Crippen molar-refractivity contribution in [3.63, 3.8) is 0 Å². The van der Waals surface area contributed by atoms with Gasteiger partial charge in [-0.05, 0) is 18.8 Å². The highest BCUT2D eigenvalue weighted by Gasteiger charge is 2.22. The summed E-state index contributed by atoms with van der Waals surface area (Å²) in [5.41, 5.74) is 0. The van der Waals surface area contributed by atoms with Crippen molar-refractivity contribution >= 4 is 11.9 Å². The zero-order chi connectivity index (χ0) is 13.5. The summed E-state index contributed by atoms with van der Waals surface area (Å²) in [5, 5.41) is 8.73. The Labute approximate surface area is 108 Å². The van der Waals surface area contributed by atoms with Gasteiger partial charge in [0.25, 0.3) is 0 Å². The van der Waals surface area contributed by atoms with Gasteiger partial charge in [0.15, 0.2) is 0 Å². The third-order valence-electron chi connectivity index (χ3n) is 3.17. The summed E-state index contributed by atoms with van der Waals surface area (Å²) in [6.07, 6.45) is 7.20. The Kier molecular flexibility index (Phi) is 5.66. The Hall–Kier alpha value is -1.54. The first-order valence-corrected chi connectivity index (χ1v) is 6.18. The number of carboxylic acids is 1. The first kappa shape index (κ1) is 14.5. The van der Waals surface area contributed by atoms with Crippen molar-refractivity contribution < 1.29 is 14.7 Å². The Morgan fingerprint density at radius 3 is 2.50 bits per heavy atom. The lowest BCUT2D eigenvalue weighted by Gasteiger charge is -2.31. The van der Waals surface area contributed by atoms with Gasteiger partial charge in [-0.25, -0.2) is 0 Å². The normalized spacial score (nSPS) is 16.6. The molecule has 1 aliphatic heterocycles. The monoisotopic (exact) mass is 252 g/mol. The maximum atomic E-state index is 12.0. The summed E-state index contributed by atoms with van der Waals surface area (Å²) < 4.78 is 0. The highest BCUT2D eigenvalue weighted by atomic mass is 16.4. The maximum absolute atomic E-state index is 12.0. The average molecular weight is 252 g/mol. The van der Waals surface area contributed by atoms with E-state index in [4.69, 9.17) is 11.5 Å². The van der Waals surface area contributed by atoms with Crippen LogP contribution >= 0.6 is 0 Å². The number of carbonyl (C=O) groups is 2. The second-order valence-corrected chi connectivity index (χ2v) is 4.81. The van der Waals surface area contributed by atoms with Crippen LogP contribution in [0.15, 0.2) is 0 Å². The predicted molar refractivity (Wildman–Crippen MR) is 67.9 cm³/mol. The minimum atomic E-state index is -0.967. The van der Waals surface area contributed by atoms with Crippen LogP contribution in [0.3, 0.4) is 0 Å². The van der Waals surface area contributed by atoms with Gasteiger partial charge in [0.1, 0.15) is 0 Å². The predicted octanol–water partition coefficient (Wildman–Crippen LogP) is 0.265. The number of aliphatic carboxylic acids is 1. The summed E-state index contributed by atoms with van der Waals surface area (Å²) in [5.74, 6) is 2.05. The van der Waals surface area contributed by atoms with Gasteiger partial charge in [-0.3, -0.25) is 14.5 Å². The molecule has 18 heavy (non-hydrogen) atoms. The molecule has 0 aromatic carbocycles. The Balaban J connectivity index is 2.45. The third-order valence-corrected chi connectivity index (χ3v) is 3.17. The number of rotatable bonds is 5. The molecule has 1 heterocycles. The minimum Gasteiger partial charge on any atom is -0.480 e. The number of amides is 1. The fourth-order valence-electron chi connectivity index (χ4n) is 2.04. The summed E-state index contributed by atoms with van der Waals surface area (Å²) in [6.45, 7) is 3.78. The molecule has 1 rings (SSSR count). The molecule has 0 aromatic rings. The van der Waals surface area contributed by atoms with Crippen LogP contribution < -0.4 is 0 Å². The fourth-order valence-corrected chi connectivity index (χ4v) is 2.04. The highest BCUT2D eigenvalue weighted by Crippen LogP contribution is 2.16. The van der Waals surface area contributed by atoms with Crippen LogP contribution in [0.25, 0.3) is 0 Å². The van der Waals surface area contributed by atoms with E-state index in [1.807, 2.05) is 0 Å². The maximum Gasteiger partial charge on any atom is 0.317 e. The molecule has 0 atom stereocenters. The van der Waals surface area contributed by atoms with E-state index in [0.717, 1.165) is 25.9 Å². The zero-order valence-electron chi connectivity index (χ0n) is 10.8. The van der Waals surface area contributed by atoms with Crippen molar-refractivity contribution in [3.05, 3.63) is 0 Å². The van der Waals surface area contributed by atoms with Crippen molar-refractivity contribution in [2.24, 2.45) is 5.92 Å². The number of hydrogen-bond donors (Lipinski definition) is 1. The van der Waals surface area contributed by atoms with E-state index >= 15 is 0 Å². The second-order valence-electron chi connectivity index (χ2n) is 4.81. The van der Waals surface area contributed by atoms with Crippen LogP contribution in [0, 0.1) is 18.3 Å². The molecular formula is C13H20N2O3. The molecule has 0 aromatic heterocycles. The molecule has 0 radical (unpaired) electrons. The van der Waals surface area contributed by atoms with Crippen LogP contribution in [0.5, 0.6) is 0 Å². The quantitative estimate of drug-likeness (QED) is 0.713. The minimum absolute atomic E-state index is 0.0293. The molecule has 0 unspecified atom stereocenters. The summed E-state index contributed by atoms with van der Waals surface area (Å²) in [4.78, 5) is 25.9. The number of likely N-dealkylation sites (tertiary alicyclic amines) is 1. The molecule has 5 heteroatoms. The standard InChI is InChI=1S/C13H20N2O3/c1-3-6-14(10-13(17)18)9-12(16)15-7-4-11(2)5-8-15/h1,11H,4-10H2,2H3,(H,17,18). The number of carboxylic acid groups (broad SMARTS) is 1. The van der Waals surface area contributed by atoms with Crippen molar-refractivity contribution in [2.75, 3.05) is 32.7 Å². The van der Waals surface area contributed by atoms with E-state index in [-0.39, 0.29) is 25.5 Å². The van der Waals surface area contributed by atoms with E-state index in [1.165, 1.54) is 4.90 Å². The van der Waals surface area contributed by atoms with Crippen LogP contribution in [0.4, 0.5) is 0 Å². The molecule has 1 aliphatic rings. The lowest BCUT2D eigenvalue weighted by atomic mass is 9.99. The largest absolute Gasteiger partial charge is 0.480 e. The third kappa shape index (κ3) is 4.76. The lowest BCUT2D eigenvalue weighted by molar-refractivity contribution is -0.139. The van der Waals surface area contributed by atoms with Gasteiger partial charge in [-0.1, -0.05) is 12.8 Å². The highest BCUT2D eigenvalue weighted by molar-refractivity contribution is 5.79. The molecule has 0 aliphatic carbocycles. The molecule has 5 nitrogen and oxygen atoms in total. The van der Waals surface area contributed by atoms with Crippen LogP contribution in [-0.4, -0.2) is 59.5 Å². The van der Waals surface area contributed by atoms with E-state index in [9.17, 15) is 9.59 Å². The van der Waals surface area contributed by atoms with Gasteiger partial charge in [0, 0.05) is 13.1 Å². The van der Waals surface area contributed by atoms with Crippen molar-refractivity contribution in [1.29, 1.82) is 0 Å². The van der Waals surface area contributed by atoms with E-state index in [1.54, 1.807) is 4.90 Å². The molecule has 100 valence electrons. The van der Waals surface area contributed by atoms with Gasteiger partial charge < -0.3 is 10.0 Å². The molecular weight excluding hydrogens is 232 g/mol. The van der Waals surface area contributed by atoms with Crippen molar-refractivity contribution in [1.82, 2.24) is 9.80 Å². The summed E-state index contributed by atoms with van der Waals surface area (Å²) in [7, 11) is 0. The van der Waals surface area contributed by atoms with Gasteiger partial charge in [-0.15, -0.1) is 6.42 Å². The molecule has 1 saturated heterocycles.